The van der Waals surface area contributed by atoms with Gasteiger partial charge in [-0.15, -0.1) is 0 Å². The van der Waals surface area contributed by atoms with E-state index >= 15 is 0 Å². The first-order valence-corrected chi connectivity index (χ1v) is 7.28. The molecule has 2 amide bonds. The first-order chi connectivity index (χ1) is 10.1. The molecule has 0 bridgehead atoms. The molecular formula is C16H22N2O3. The molecule has 0 aromatic heterocycles. The van der Waals surface area contributed by atoms with Gasteiger partial charge in [0.1, 0.15) is 12.6 Å². The van der Waals surface area contributed by atoms with Crippen molar-refractivity contribution in [2.75, 3.05) is 20.6 Å². The lowest BCUT2D eigenvalue weighted by molar-refractivity contribution is -0.135. The predicted octanol–water partition coefficient (Wildman–Crippen LogP) is 2.27. The van der Waals surface area contributed by atoms with Crippen LogP contribution in [0.1, 0.15) is 24.8 Å². The molecule has 5 nitrogen and oxygen atoms in total. The molecule has 2 rings (SSSR count). The minimum atomic E-state index is -0.404. The Morgan fingerprint density at radius 1 is 1.24 bits per heavy atom. The Hall–Kier alpha value is -2.04. The van der Waals surface area contributed by atoms with E-state index in [0.717, 1.165) is 18.4 Å². The van der Waals surface area contributed by atoms with Crippen molar-refractivity contribution in [1.82, 2.24) is 9.80 Å². The minimum absolute atomic E-state index is 0.0358. The molecule has 1 saturated heterocycles. The molecule has 1 atom stereocenters. The van der Waals surface area contributed by atoms with E-state index < -0.39 is 12.1 Å². The number of benzene rings is 1. The van der Waals surface area contributed by atoms with Crippen molar-refractivity contribution in [3.8, 4) is 0 Å². The van der Waals surface area contributed by atoms with Crippen LogP contribution < -0.4 is 0 Å². The Balaban J connectivity index is 1.97. The van der Waals surface area contributed by atoms with E-state index in [1.165, 1.54) is 4.90 Å². The van der Waals surface area contributed by atoms with E-state index in [1.54, 1.807) is 19.0 Å². The van der Waals surface area contributed by atoms with E-state index in [1.807, 2.05) is 30.3 Å². The van der Waals surface area contributed by atoms with Gasteiger partial charge in [0.15, 0.2) is 0 Å². The molecule has 21 heavy (non-hydrogen) atoms. The summed E-state index contributed by atoms with van der Waals surface area (Å²) in [6, 6.07) is 9.15. The summed E-state index contributed by atoms with van der Waals surface area (Å²) in [7, 11) is 3.43. The second kappa shape index (κ2) is 7.11. The lowest BCUT2D eigenvalue weighted by atomic mass is 10.0. The molecule has 0 radical (unpaired) electrons. The Labute approximate surface area is 125 Å². The highest BCUT2D eigenvalue weighted by Gasteiger charge is 2.33. The largest absolute Gasteiger partial charge is 0.445 e. The Kier molecular flexibility index (Phi) is 5.20. The van der Waals surface area contributed by atoms with Crippen LogP contribution in [0.5, 0.6) is 0 Å². The average molecular weight is 290 g/mol. The van der Waals surface area contributed by atoms with Gasteiger partial charge in [0.05, 0.1) is 0 Å². The monoisotopic (exact) mass is 290 g/mol. The first kappa shape index (κ1) is 15.4. The summed E-state index contributed by atoms with van der Waals surface area (Å²) in [6.07, 6.45) is 2.18. The van der Waals surface area contributed by atoms with Crippen molar-refractivity contribution < 1.29 is 14.3 Å². The third kappa shape index (κ3) is 3.97. The van der Waals surface area contributed by atoms with Crippen LogP contribution in [-0.2, 0) is 16.1 Å². The molecule has 1 aromatic carbocycles. The zero-order valence-corrected chi connectivity index (χ0v) is 12.6. The number of likely N-dealkylation sites (tertiary alicyclic amines) is 1. The van der Waals surface area contributed by atoms with Crippen molar-refractivity contribution in [3.63, 3.8) is 0 Å². The molecule has 1 aromatic rings. The molecule has 5 heteroatoms. The maximum atomic E-state index is 12.2. The molecule has 1 fully saturated rings. The molecule has 1 aliphatic heterocycles. The number of piperidine rings is 1. The fourth-order valence-corrected chi connectivity index (χ4v) is 2.51. The first-order valence-electron chi connectivity index (χ1n) is 7.28. The zero-order chi connectivity index (χ0) is 15.2. The Morgan fingerprint density at radius 3 is 2.62 bits per heavy atom. The summed E-state index contributed by atoms with van der Waals surface area (Å²) in [5, 5.41) is 0. The van der Waals surface area contributed by atoms with Gasteiger partial charge in [0.25, 0.3) is 0 Å². The highest BCUT2D eigenvalue weighted by Crippen LogP contribution is 2.19. The van der Waals surface area contributed by atoms with Crippen molar-refractivity contribution in [2.45, 2.75) is 31.9 Å². The van der Waals surface area contributed by atoms with Gasteiger partial charge < -0.3 is 9.64 Å². The van der Waals surface area contributed by atoms with E-state index in [-0.39, 0.29) is 12.5 Å². The molecule has 1 unspecified atom stereocenters. The fraction of sp³-hybridized carbons (Fsp3) is 0.500. The number of nitrogens with zero attached hydrogens (tertiary/aromatic N) is 2. The number of carbonyl (C=O) groups excluding carboxylic acids is 2. The highest BCUT2D eigenvalue weighted by molar-refractivity contribution is 5.85. The smallest absolute Gasteiger partial charge is 0.410 e. The summed E-state index contributed by atoms with van der Waals surface area (Å²) < 4.78 is 5.34. The van der Waals surface area contributed by atoms with Gasteiger partial charge in [-0.25, -0.2) is 4.79 Å². The molecule has 114 valence electrons. The standard InChI is InChI=1S/C16H22N2O3/c1-17(2)15(19)14-10-6-7-11-18(14)16(20)21-12-13-8-4-3-5-9-13/h3-5,8-9,14H,6-7,10-12H2,1-2H3. The second-order valence-corrected chi connectivity index (χ2v) is 5.48. The van der Waals surface area contributed by atoms with Gasteiger partial charge in [0.2, 0.25) is 5.91 Å². The summed E-state index contributed by atoms with van der Waals surface area (Å²) in [5.41, 5.74) is 0.943. The van der Waals surface area contributed by atoms with E-state index in [2.05, 4.69) is 0 Å². The van der Waals surface area contributed by atoms with Crippen LogP contribution in [0.25, 0.3) is 0 Å². The van der Waals surface area contributed by atoms with Crippen LogP contribution >= 0.6 is 0 Å². The number of carbonyl (C=O) groups is 2. The van der Waals surface area contributed by atoms with Crippen LogP contribution in [0.2, 0.25) is 0 Å². The maximum Gasteiger partial charge on any atom is 0.410 e. The summed E-state index contributed by atoms with van der Waals surface area (Å²) in [4.78, 5) is 27.5. The molecule has 0 saturated carbocycles. The maximum absolute atomic E-state index is 12.2. The van der Waals surface area contributed by atoms with E-state index in [4.69, 9.17) is 4.74 Å². The zero-order valence-electron chi connectivity index (χ0n) is 12.6. The molecule has 0 aliphatic carbocycles. The normalized spacial score (nSPS) is 18.2. The van der Waals surface area contributed by atoms with Crippen LogP contribution in [0, 0.1) is 0 Å². The summed E-state index contributed by atoms with van der Waals surface area (Å²) in [6.45, 7) is 0.816. The minimum Gasteiger partial charge on any atom is -0.445 e. The molecule has 0 N–H and O–H groups in total. The highest BCUT2D eigenvalue weighted by atomic mass is 16.6. The third-order valence-corrected chi connectivity index (χ3v) is 3.67. The van der Waals surface area contributed by atoms with Crippen molar-refractivity contribution in [2.24, 2.45) is 0 Å². The second-order valence-electron chi connectivity index (χ2n) is 5.48. The van der Waals surface area contributed by atoms with Crippen molar-refractivity contribution in [3.05, 3.63) is 35.9 Å². The third-order valence-electron chi connectivity index (χ3n) is 3.67. The van der Waals surface area contributed by atoms with Crippen LogP contribution in [0.3, 0.4) is 0 Å². The predicted molar refractivity (Wildman–Crippen MR) is 79.7 cm³/mol. The lowest BCUT2D eigenvalue weighted by Crippen LogP contribution is -2.51. The van der Waals surface area contributed by atoms with Gasteiger partial charge >= 0.3 is 6.09 Å². The SMILES string of the molecule is CN(C)C(=O)C1CCCCN1C(=O)OCc1ccccc1. The number of likely N-dealkylation sites (N-methyl/N-ethyl adjacent to an activating group) is 1. The topological polar surface area (TPSA) is 49.9 Å². The van der Waals surface area contributed by atoms with Gasteiger partial charge in [-0.2, -0.15) is 0 Å². The number of hydrogen-bond acceptors (Lipinski definition) is 3. The Bertz CT molecular complexity index is 488. The molecule has 0 spiro atoms. The summed E-state index contributed by atoms with van der Waals surface area (Å²) >= 11 is 0. The Morgan fingerprint density at radius 2 is 1.95 bits per heavy atom. The van der Waals surface area contributed by atoms with Gasteiger partial charge in [-0.1, -0.05) is 30.3 Å². The fourth-order valence-electron chi connectivity index (χ4n) is 2.51. The number of amides is 2. The van der Waals surface area contributed by atoms with E-state index in [9.17, 15) is 9.59 Å². The van der Waals surface area contributed by atoms with Crippen molar-refractivity contribution in [1.29, 1.82) is 0 Å². The summed E-state index contributed by atoms with van der Waals surface area (Å²) in [5.74, 6) is -0.0358. The van der Waals surface area contributed by atoms with Crippen molar-refractivity contribution >= 4 is 12.0 Å². The number of rotatable bonds is 3. The van der Waals surface area contributed by atoms with Crippen LogP contribution in [0.15, 0.2) is 30.3 Å². The number of hydrogen-bond donors (Lipinski definition) is 0. The number of ether oxygens (including phenoxy) is 1. The van der Waals surface area contributed by atoms with Crippen LogP contribution in [0.4, 0.5) is 4.79 Å². The average Bonchev–Trinajstić information content (AvgIpc) is 2.52. The lowest BCUT2D eigenvalue weighted by Gasteiger charge is -2.35. The van der Waals surface area contributed by atoms with E-state index in [0.29, 0.717) is 13.0 Å². The van der Waals surface area contributed by atoms with Gasteiger partial charge in [-0.05, 0) is 24.8 Å². The molecule has 1 aliphatic rings. The molecule has 1 heterocycles. The quantitative estimate of drug-likeness (QED) is 0.858. The van der Waals surface area contributed by atoms with Crippen LogP contribution in [-0.4, -0.2) is 48.5 Å². The van der Waals surface area contributed by atoms with Gasteiger partial charge in [-0.3, -0.25) is 9.69 Å². The molecular weight excluding hydrogens is 268 g/mol. The van der Waals surface area contributed by atoms with Gasteiger partial charge in [0, 0.05) is 20.6 Å².